The Morgan fingerprint density at radius 1 is 1.25 bits per heavy atom. The van der Waals surface area contributed by atoms with Crippen molar-refractivity contribution in [3.05, 3.63) is 40.4 Å². The molecular formula is C18H20ClN3OS. The van der Waals surface area contributed by atoms with Crippen LogP contribution in [-0.4, -0.2) is 42.0 Å². The summed E-state index contributed by atoms with van der Waals surface area (Å²) in [6, 6.07) is 7.60. The van der Waals surface area contributed by atoms with Crippen molar-refractivity contribution in [3.63, 3.8) is 0 Å². The highest BCUT2D eigenvalue weighted by Crippen LogP contribution is 2.29. The molecule has 2 saturated heterocycles. The van der Waals surface area contributed by atoms with Crippen molar-refractivity contribution in [3.8, 4) is 10.6 Å². The van der Waals surface area contributed by atoms with Gasteiger partial charge in [-0.15, -0.1) is 11.3 Å². The topological polar surface area (TPSA) is 45.2 Å². The second kappa shape index (κ2) is 6.82. The number of carbonyl (C=O) groups is 1. The van der Waals surface area contributed by atoms with Crippen LogP contribution in [0.2, 0.25) is 5.02 Å². The lowest BCUT2D eigenvalue weighted by molar-refractivity contribution is 0.0753. The summed E-state index contributed by atoms with van der Waals surface area (Å²) in [4.78, 5) is 19.3. The predicted molar refractivity (Wildman–Crippen MR) is 97.5 cm³/mol. The molecule has 2 atom stereocenters. The minimum Gasteiger partial charge on any atom is -0.337 e. The molecule has 1 amide bonds. The minimum absolute atomic E-state index is 0.0625. The molecule has 2 aliphatic heterocycles. The van der Waals surface area contributed by atoms with E-state index >= 15 is 0 Å². The van der Waals surface area contributed by atoms with E-state index in [1.165, 1.54) is 11.3 Å². The Bertz CT molecular complexity index is 733. The number of benzene rings is 1. The van der Waals surface area contributed by atoms with Crippen molar-refractivity contribution in [1.82, 2.24) is 15.2 Å². The standard InChI is InChI=1S/C18H20ClN3OS/c19-15-3-1-2-12(8-15)17-21-16(11-24-17)18(23)22-6-4-13-9-20-10-14(13)5-7-22/h1-3,8,11,13-14,20H,4-7,9-10H2/t13-,14+. The van der Waals surface area contributed by atoms with Gasteiger partial charge in [-0.1, -0.05) is 23.7 Å². The predicted octanol–water partition coefficient (Wildman–Crippen LogP) is 3.54. The van der Waals surface area contributed by atoms with Gasteiger partial charge in [0.25, 0.3) is 5.91 Å². The summed E-state index contributed by atoms with van der Waals surface area (Å²) < 4.78 is 0. The quantitative estimate of drug-likeness (QED) is 0.889. The zero-order chi connectivity index (χ0) is 16.5. The molecule has 126 valence electrons. The zero-order valence-electron chi connectivity index (χ0n) is 13.4. The summed E-state index contributed by atoms with van der Waals surface area (Å²) in [5.41, 5.74) is 1.52. The Kier molecular flexibility index (Phi) is 4.57. The van der Waals surface area contributed by atoms with Gasteiger partial charge in [-0.25, -0.2) is 4.98 Å². The highest BCUT2D eigenvalue weighted by Gasteiger charge is 2.32. The zero-order valence-corrected chi connectivity index (χ0v) is 14.9. The van der Waals surface area contributed by atoms with Crippen LogP contribution in [-0.2, 0) is 0 Å². The fourth-order valence-corrected chi connectivity index (χ4v) is 4.69. The van der Waals surface area contributed by atoms with Gasteiger partial charge in [-0.2, -0.15) is 0 Å². The number of nitrogens with one attached hydrogen (secondary N) is 1. The fraction of sp³-hybridized carbons (Fsp3) is 0.444. The number of rotatable bonds is 2. The number of aromatic nitrogens is 1. The van der Waals surface area contributed by atoms with Crippen molar-refractivity contribution >= 4 is 28.8 Å². The third kappa shape index (κ3) is 3.21. The molecule has 2 aromatic rings. The number of amides is 1. The maximum Gasteiger partial charge on any atom is 0.273 e. The number of nitrogens with zero attached hydrogens (tertiary/aromatic N) is 2. The van der Waals surface area contributed by atoms with E-state index in [9.17, 15) is 4.79 Å². The van der Waals surface area contributed by atoms with Crippen LogP contribution in [0.5, 0.6) is 0 Å². The van der Waals surface area contributed by atoms with E-state index in [-0.39, 0.29) is 5.91 Å². The summed E-state index contributed by atoms with van der Waals surface area (Å²) >= 11 is 7.55. The Morgan fingerprint density at radius 2 is 2.00 bits per heavy atom. The average molecular weight is 362 g/mol. The molecule has 24 heavy (non-hydrogen) atoms. The monoisotopic (exact) mass is 361 g/mol. The summed E-state index contributed by atoms with van der Waals surface area (Å²) in [6.07, 6.45) is 2.18. The van der Waals surface area contributed by atoms with Crippen LogP contribution in [0.3, 0.4) is 0 Å². The van der Waals surface area contributed by atoms with Gasteiger partial charge in [-0.05, 0) is 49.9 Å². The molecule has 1 aromatic heterocycles. The average Bonchev–Trinajstić information content (AvgIpc) is 3.20. The number of fused-ring (bicyclic) bond motifs is 1. The summed E-state index contributed by atoms with van der Waals surface area (Å²) in [5.74, 6) is 1.51. The first-order valence-corrected chi connectivity index (χ1v) is 9.68. The lowest BCUT2D eigenvalue weighted by Crippen LogP contribution is -2.33. The van der Waals surface area contributed by atoms with E-state index < -0.39 is 0 Å². The smallest absolute Gasteiger partial charge is 0.273 e. The Balaban J connectivity index is 1.49. The first kappa shape index (κ1) is 16.1. The molecular weight excluding hydrogens is 342 g/mol. The molecule has 0 bridgehead atoms. The Labute approximate surface area is 150 Å². The third-order valence-electron chi connectivity index (χ3n) is 5.10. The van der Waals surface area contributed by atoms with E-state index in [0.717, 1.165) is 61.4 Å². The van der Waals surface area contributed by atoms with Gasteiger partial charge >= 0.3 is 0 Å². The van der Waals surface area contributed by atoms with Gasteiger partial charge < -0.3 is 10.2 Å². The molecule has 2 aliphatic rings. The second-order valence-corrected chi connectivity index (χ2v) is 7.89. The number of hydrogen-bond donors (Lipinski definition) is 1. The summed E-state index contributed by atoms with van der Waals surface area (Å²) in [5, 5.41) is 6.86. The second-order valence-electron chi connectivity index (χ2n) is 6.60. The van der Waals surface area contributed by atoms with E-state index in [0.29, 0.717) is 10.7 Å². The van der Waals surface area contributed by atoms with Gasteiger partial charge in [0, 0.05) is 29.1 Å². The van der Waals surface area contributed by atoms with Crippen LogP contribution in [0.15, 0.2) is 29.6 Å². The van der Waals surface area contributed by atoms with Gasteiger partial charge in [0.15, 0.2) is 0 Å². The molecule has 0 spiro atoms. The first-order valence-electron chi connectivity index (χ1n) is 8.42. The van der Waals surface area contributed by atoms with Crippen molar-refractivity contribution in [2.45, 2.75) is 12.8 Å². The first-order chi connectivity index (χ1) is 11.7. The van der Waals surface area contributed by atoms with E-state index in [1.807, 2.05) is 34.5 Å². The summed E-state index contributed by atoms with van der Waals surface area (Å²) in [7, 11) is 0. The maximum atomic E-state index is 12.8. The van der Waals surface area contributed by atoms with E-state index in [4.69, 9.17) is 11.6 Å². The number of carbonyl (C=O) groups excluding carboxylic acids is 1. The molecule has 4 rings (SSSR count). The fourth-order valence-electron chi connectivity index (χ4n) is 3.71. The minimum atomic E-state index is 0.0625. The molecule has 3 heterocycles. The van der Waals surface area contributed by atoms with E-state index in [1.54, 1.807) is 0 Å². The van der Waals surface area contributed by atoms with Crippen molar-refractivity contribution in [2.75, 3.05) is 26.2 Å². The number of halogens is 1. The highest BCUT2D eigenvalue weighted by atomic mass is 35.5. The Morgan fingerprint density at radius 3 is 2.71 bits per heavy atom. The Hall–Kier alpha value is -1.43. The molecule has 0 radical (unpaired) electrons. The van der Waals surface area contributed by atoms with Gasteiger partial charge in [0.05, 0.1) is 0 Å². The summed E-state index contributed by atoms with van der Waals surface area (Å²) in [6.45, 7) is 3.88. The molecule has 4 nitrogen and oxygen atoms in total. The van der Waals surface area contributed by atoms with Gasteiger partial charge in [0.2, 0.25) is 0 Å². The highest BCUT2D eigenvalue weighted by molar-refractivity contribution is 7.13. The lowest BCUT2D eigenvalue weighted by Gasteiger charge is -2.19. The van der Waals surface area contributed by atoms with Gasteiger partial charge in [0.1, 0.15) is 10.7 Å². The molecule has 0 aliphatic carbocycles. The molecule has 0 saturated carbocycles. The van der Waals surface area contributed by atoms with Crippen LogP contribution >= 0.6 is 22.9 Å². The molecule has 0 unspecified atom stereocenters. The van der Waals surface area contributed by atoms with Gasteiger partial charge in [-0.3, -0.25) is 4.79 Å². The van der Waals surface area contributed by atoms with Crippen molar-refractivity contribution in [1.29, 1.82) is 0 Å². The maximum absolute atomic E-state index is 12.8. The van der Waals surface area contributed by atoms with Crippen molar-refractivity contribution < 1.29 is 4.79 Å². The SMILES string of the molecule is O=C(c1csc(-c2cccc(Cl)c2)n1)N1CC[C@@H]2CNC[C@@H]2CC1. The van der Waals surface area contributed by atoms with Crippen LogP contribution in [0, 0.1) is 11.8 Å². The van der Waals surface area contributed by atoms with Crippen molar-refractivity contribution in [2.24, 2.45) is 11.8 Å². The van der Waals surface area contributed by atoms with Crippen LogP contribution in [0.4, 0.5) is 0 Å². The lowest BCUT2D eigenvalue weighted by atomic mass is 9.92. The number of likely N-dealkylation sites (tertiary alicyclic amines) is 1. The van der Waals surface area contributed by atoms with Crippen LogP contribution < -0.4 is 5.32 Å². The molecule has 2 fully saturated rings. The van der Waals surface area contributed by atoms with Crippen LogP contribution in [0.1, 0.15) is 23.3 Å². The largest absolute Gasteiger partial charge is 0.337 e. The normalized spacial score (nSPS) is 23.8. The number of hydrogen-bond acceptors (Lipinski definition) is 4. The molecule has 6 heteroatoms. The molecule has 1 aromatic carbocycles. The third-order valence-corrected chi connectivity index (χ3v) is 6.23. The number of thiazole rings is 1. The van der Waals surface area contributed by atoms with E-state index in [2.05, 4.69) is 10.3 Å². The van der Waals surface area contributed by atoms with Crippen LogP contribution in [0.25, 0.3) is 10.6 Å². The molecule has 1 N–H and O–H groups in total.